The van der Waals surface area contributed by atoms with E-state index in [1.807, 2.05) is 79.0 Å². The molecule has 4 aromatic heterocycles. The summed E-state index contributed by atoms with van der Waals surface area (Å²) in [5.41, 5.74) is 14.5. The molecule has 5 heteroatoms. The second-order valence-corrected chi connectivity index (χ2v) is 13.0. The first kappa shape index (κ1) is 32.5. The van der Waals surface area contributed by atoms with Crippen LogP contribution in [-0.4, -0.2) is 24.9 Å². The Morgan fingerprint density at radius 2 is 0.815 bits per heavy atom. The molecule has 54 heavy (non-hydrogen) atoms. The number of pyridine rings is 3. The fourth-order valence-electron chi connectivity index (χ4n) is 6.71. The molecule has 4 heterocycles. The molecule has 0 amide bonds. The first-order chi connectivity index (χ1) is 26.7. The van der Waals surface area contributed by atoms with Crippen LogP contribution in [0, 0.1) is 0 Å². The van der Waals surface area contributed by atoms with Crippen LogP contribution in [0.15, 0.2) is 200 Å². The number of benzene rings is 5. The van der Waals surface area contributed by atoms with E-state index in [4.69, 9.17) is 19.9 Å². The maximum absolute atomic E-state index is 5.07. The van der Waals surface area contributed by atoms with E-state index in [1.54, 1.807) is 6.20 Å². The molecule has 0 saturated carbocycles. The van der Waals surface area contributed by atoms with Crippen LogP contribution in [0.1, 0.15) is 0 Å². The number of aromatic nitrogens is 5. The molecular weight excluding hydrogens is 659 g/mol. The van der Waals surface area contributed by atoms with E-state index < -0.39 is 0 Å². The molecule has 254 valence electrons. The highest BCUT2D eigenvalue weighted by Gasteiger charge is 2.15. The largest absolute Gasteiger partial charge is 0.255 e. The molecule has 9 rings (SSSR count). The van der Waals surface area contributed by atoms with Gasteiger partial charge in [-0.2, -0.15) is 0 Å². The van der Waals surface area contributed by atoms with Crippen molar-refractivity contribution >= 4 is 0 Å². The minimum absolute atomic E-state index is 0.694. The smallest absolute Gasteiger partial charge is 0.160 e. The van der Waals surface area contributed by atoms with Crippen LogP contribution < -0.4 is 0 Å². The molecule has 0 unspecified atom stereocenters. The molecule has 5 nitrogen and oxygen atoms in total. The van der Waals surface area contributed by atoms with Gasteiger partial charge < -0.3 is 0 Å². The predicted octanol–water partition coefficient (Wildman–Crippen LogP) is 12.0. The minimum atomic E-state index is 0.694. The lowest BCUT2D eigenvalue weighted by Crippen LogP contribution is -1.96. The van der Waals surface area contributed by atoms with E-state index in [9.17, 15) is 0 Å². The number of nitrogens with zero attached hydrogens (tertiary/aromatic N) is 5. The molecule has 0 bridgehead atoms. The summed E-state index contributed by atoms with van der Waals surface area (Å²) in [5, 5.41) is 0. The fraction of sp³-hybridized carbons (Fsp3) is 0. The molecule has 0 fully saturated rings. The molecule has 0 atom stereocenters. The maximum atomic E-state index is 5.07. The van der Waals surface area contributed by atoms with Crippen molar-refractivity contribution in [3.63, 3.8) is 0 Å². The quantitative estimate of drug-likeness (QED) is 0.159. The normalized spacial score (nSPS) is 11.0. The number of hydrogen-bond donors (Lipinski definition) is 0. The summed E-state index contributed by atoms with van der Waals surface area (Å²) in [5.74, 6) is 0.694. The lowest BCUT2D eigenvalue weighted by molar-refractivity contribution is 1.18. The van der Waals surface area contributed by atoms with Crippen LogP contribution in [-0.2, 0) is 0 Å². The SMILES string of the molecule is c1ccc(-c2cc(-c3ccccn3)nc(-c3ccc(-c4ccccc4-c4cccc(-c5cc(-c6ccccc6)nc(-c6ccccc6)n5)c4)cn3)c2)cc1. The highest BCUT2D eigenvalue weighted by atomic mass is 14.9. The Labute approximate surface area is 314 Å². The molecule has 9 aromatic rings. The van der Waals surface area contributed by atoms with Gasteiger partial charge in [-0.05, 0) is 70.3 Å². The van der Waals surface area contributed by atoms with Gasteiger partial charge in [0, 0.05) is 34.6 Å². The summed E-state index contributed by atoms with van der Waals surface area (Å²) in [4.78, 5) is 24.6. The van der Waals surface area contributed by atoms with Gasteiger partial charge >= 0.3 is 0 Å². The van der Waals surface area contributed by atoms with Gasteiger partial charge in [-0.25, -0.2) is 15.0 Å². The third kappa shape index (κ3) is 6.82. The van der Waals surface area contributed by atoms with Crippen molar-refractivity contribution < 1.29 is 0 Å². The van der Waals surface area contributed by atoms with E-state index in [2.05, 4.69) is 120 Å². The molecule has 0 aliphatic heterocycles. The summed E-state index contributed by atoms with van der Waals surface area (Å²) in [6, 6.07) is 64.1. The summed E-state index contributed by atoms with van der Waals surface area (Å²) >= 11 is 0. The van der Waals surface area contributed by atoms with Crippen LogP contribution in [0.4, 0.5) is 0 Å². The lowest BCUT2D eigenvalue weighted by Gasteiger charge is -2.13. The molecule has 0 radical (unpaired) electrons. The standard InChI is InChI=1S/C49H33N5/c1-4-15-34(16-5-1)40-30-47(43-25-12-13-28-50-43)52-48(31-40)44-27-26-39(33-51-44)42-24-11-10-23-41(42)37-21-14-22-38(29-37)46-32-45(35-17-6-2-7-18-35)53-49(54-46)36-19-8-3-9-20-36/h1-33H. The summed E-state index contributed by atoms with van der Waals surface area (Å²) in [7, 11) is 0. The van der Waals surface area contributed by atoms with Crippen molar-refractivity contribution in [2.24, 2.45) is 0 Å². The highest BCUT2D eigenvalue weighted by molar-refractivity contribution is 5.86. The highest BCUT2D eigenvalue weighted by Crippen LogP contribution is 2.36. The van der Waals surface area contributed by atoms with Crippen LogP contribution >= 0.6 is 0 Å². The van der Waals surface area contributed by atoms with E-state index in [1.165, 1.54) is 0 Å². The first-order valence-corrected chi connectivity index (χ1v) is 17.9. The van der Waals surface area contributed by atoms with Gasteiger partial charge in [0.05, 0.1) is 34.2 Å². The summed E-state index contributed by atoms with van der Waals surface area (Å²) < 4.78 is 0. The molecule has 0 N–H and O–H groups in total. The van der Waals surface area contributed by atoms with Gasteiger partial charge in [0.15, 0.2) is 5.82 Å². The van der Waals surface area contributed by atoms with Gasteiger partial charge in [0.25, 0.3) is 0 Å². The summed E-state index contributed by atoms with van der Waals surface area (Å²) in [6.07, 6.45) is 3.74. The van der Waals surface area contributed by atoms with E-state index in [-0.39, 0.29) is 0 Å². The van der Waals surface area contributed by atoms with Gasteiger partial charge in [-0.15, -0.1) is 0 Å². The molecule has 0 aliphatic rings. The second-order valence-electron chi connectivity index (χ2n) is 13.0. The predicted molar refractivity (Wildman–Crippen MR) is 219 cm³/mol. The Morgan fingerprint density at radius 3 is 1.46 bits per heavy atom. The van der Waals surface area contributed by atoms with E-state index in [0.717, 1.165) is 84.2 Å². The van der Waals surface area contributed by atoms with E-state index >= 15 is 0 Å². The van der Waals surface area contributed by atoms with Crippen LogP contribution in [0.2, 0.25) is 0 Å². The third-order valence-corrected chi connectivity index (χ3v) is 9.42. The van der Waals surface area contributed by atoms with E-state index in [0.29, 0.717) is 5.82 Å². The Balaban J connectivity index is 1.08. The minimum Gasteiger partial charge on any atom is -0.255 e. The Morgan fingerprint density at radius 1 is 0.259 bits per heavy atom. The Kier molecular flexibility index (Phi) is 8.86. The lowest BCUT2D eigenvalue weighted by atomic mass is 9.93. The van der Waals surface area contributed by atoms with Crippen LogP contribution in [0.5, 0.6) is 0 Å². The molecule has 5 aromatic carbocycles. The van der Waals surface area contributed by atoms with Crippen molar-refractivity contribution in [3.8, 4) is 90.1 Å². The molecule has 0 spiro atoms. The molecule has 0 saturated heterocycles. The Hall–Kier alpha value is -7.37. The topological polar surface area (TPSA) is 64.5 Å². The van der Waals surface area contributed by atoms with Gasteiger partial charge in [0.1, 0.15) is 0 Å². The van der Waals surface area contributed by atoms with Crippen molar-refractivity contribution in [1.29, 1.82) is 0 Å². The maximum Gasteiger partial charge on any atom is 0.160 e. The number of hydrogen-bond acceptors (Lipinski definition) is 5. The third-order valence-electron chi connectivity index (χ3n) is 9.42. The van der Waals surface area contributed by atoms with Crippen molar-refractivity contribution in [1.82, 2.24) is 24.9 Å². The molecular formula is C49H33N5. The average molecular weight is 692 g/mol. The Bertz CT molecular complexity index is 2560. The van der Waals surface area contributed by atoms with Gasteiger partial charge in [-0.1, -0.05) is 146 Å². The zero-order valence-corrected chi connectivity index (χ0v) is 29.3. The van der Waals surface area contributed by atoms with Gasteiger partial charge in [0.2, 0.25) is 0 Å². The second kappa shape index (κ2) is 14.7. The van der Waals surface area contributed by atoms with Crippen molar-refractivity contribution in [2.75, 3.05) is 0 Å². The van der Waals surface area contributed by atoms with Crippen LogP contribution in [0.3, 0.4) is 0 Å². The zero-order valence-electron chi connectivity index (χ0n) is 29.3. The van der Waals surface area contributed by atoms with Gasteiger partial charge in [-0.3, -0.25) is 9.97 Å². The summed E-state index contributed by atoms with van der Waals surface area (Å²) in [6.45, 7) is 0. The zero-order chi connectivity index (χ0) is 36.1. The first-order valence-electron chi connectivity index (χ1n) is 17.9. The average Bonchev–Trinajstić information content (AvgIpc) is 3.27. The number of rotatable bonds is 8. The fourth-order valence-corrected chi connectivity index (χ4v) is 6.71. The monoisotopic (exact) mass is 691 g/mol. The van der Waals surface area contributed by atoms with Crippen molar-refractivity contribution in [2.45, 2.75) is 0 Å². The van der Waals surface area contributed by atoms with Crippen molar-refractivity contribution in [3.05, 3.63) is 200 Å². The van der Waals surface area contributed by atoms with Crippen LogP contribution in [0.25, 0.3) is 90.1 Å². The molecule has 0 aliphatic carbocycles.